The Bertz CT molecular complexity index is 1700. The van der Waals surface area contributed by atoms with Crippen LogP contribution in [0.3, 0.4) is 0 Å². The Labute approximate surface area is 308 Å². The number of ether oxygens (including phenoxy) is 2. The molecular formula is C39H47BrN4O7. The summed E-state index contributed by atoms with van der Waals surface area (Å²) in [7, 11) is 1.70. The quantitative estimate of drug-likeness (QED) is 0.321. The van der Waals surface area contributed by atoms with Gasteiger partial charge in [0.25, 0.3) is 5.91 Å². The topological polar surface area (TPSA) is 120 Å². The van der Waals surface area contributed by atoms with Crippen molar-refractivity contribution in [3.05, 3.63) is 82.9 Å². The highest BCUT2D eigenvalue weighted by Gasteiger charge is 2.75. The minimum atomic E-state index is -1.50. The molecule has 12 heteroatoms. The molecule has 2 fully saturated rings. The molecule has 4 heterocycles. The third-order valence-electron chi connectivity index (χ3n) is 11.0. The molecule has 11 nitrogen and oxygen atoms in total. The summed E-state index contributed by atoms with van der Waals surface area (Å²) in [6.07, 6.45) is 4.45. The Hall–Kier alpha value is -4.00. The van der Waals surface area contributed by atoms with E-state index in [4.69, 9.17) is 9.47 Å². The summed E-state index contributed by atoms with van der Waals surface area (Å²) in [5, 5.41) is 10.4. The standard InChI is InChI=1S/C39H47BrN4O7/c1-6-42(7-2)27-17-19-28(20-18-27)43-21-13-9-12-16-30(46)41(5)25(4)33(26-14-10-8-11-15-26)50-38(49)31-32-36(47)44(24(3)23-45)35(37(43)48)39(32)22-29(40)34(31)51-39/h8-11,13-15,17-20,22,24-25,31-35,45H,6-7,12,16,21,23H2,1-5H3/b13-9-/t24-,25+,31-,32+,33-,34-,35-,39+/m1/s1. The monoisotopic (exact) mass is 762 g/mol. The average molecular weight is 764 g/mol. The molecular weight excluding hydrogens is 716 g/mol. The molecule has 6 rings (SSSR count). The van der Waals surface area contributed by atoms with Crippen molar-refractivity contribution in [3.8, 4) is 0 Å². The summed E-state index contributed by atoms with van der Waals surface area (Å²) < 4.78 is 13.5. The molecule has 51 heavy (non-hydrogen) atoms. The van der Waals surface area contributed by atoms with Crippen LogP contribution < -0.4 is 9.80 Å². The number of halogens is 1. The fourth-order valence-corrected chi connectivity index (χ4v) is 8.81. The third kappa shape index (κ3) is 6.40. The summed E-state index contributed by atoms with van der Waals surface area (Å²) in [5.41, 5.74) is 0.833. The number of likely N-dealkylation sites (tertiary alicyclic amines) is 1. The van der Waals surface area contributed by atoms with Gasteiger partial charge in [0.1, 0.15) is 29.8 Å². The lowest BCUT2D eigenvalue weighted by molar-refractivity contribution is -0.164. The first-order chi connectivity index (χ1) is 24.5. The first-order valence-electron chi connectivity index (χ1n) is 17.8. The number of hydrogen-bond donors (Lipinski definition) is 1. The van der Waals surface area contributed by atoms with Crippen LogP contribution in [0.25, 0.3) is 0 Å². The van der Waals surface area contributed by atoms with Crippen molar-refractivity contribution in [2.75, 3.05) is 43.1 Å². The highest BCUT2D eigenvalue weighted by Crippen LogP contribution is 2.59. The van der Waals surface area contributed by atoms with E-state index in [1.807, 2.05) is 73.7 Å². The number of carbonyl (C=O) groups is 4. The summed E-state index contributed by atoms with van der Waals surface area (Å²) in [6, 6.07) is 14.5. The molecule has 272 valence electrons. The van der Waals surface area contributed by atoms with Gasteiger partial charge in [0.05, 0.1) is 24.6 Å². The number of allylic oxidation sites excluding steroid dienone is 1. The highest BCUT2D eigenvalue weighted by molar-refractivity contribution is 9.11. The van der Waals surface area contributed by atoms with Gasteiger partial charge in [-0.05, 0) is 70.0 Å². The van der Waals surface area contributed by atoms with Gasteiger partial charge in [-0.15, -0.1) is 0 Å². The normalized spacial score (nSPS) is 31.0. The Balaban J connectivity index is 1.47. The van der Waals surface area contributed by atoms with Crippen LogP contribution in [0.15, 0.2) is 77.3 Å². The van der Waals surface area contributed by atoms with Crippen molar-refractivity contribution >= 4 is 51.0 Å². The van der Waals surface area contributed by atoms with E-state index >= 15 is 4.79 Å². The zero-order chi connectivity index (χ0) is 36.6. The number of fused-ring (bicyclic) bond motifs is 2. The van der Waals surface area contributed by atoms with Crippen LogP contribution in [0.4, 0.5) is 11.4 Å². The molecule has 0 unspecified atom stereocenters. The molecule has 2 aromatic rings. The number of benzene rings is 2. The van der Waals surface area contributed by atoms with Crippen molar-refractivity contribution in [2.24, 2.45) is 11.8 Å². The predicted octanol–water partition coefficient (Wildman–Crippen LogP) is 4.60. The summed E-state index contributed by atoms with van der Waals surface area (Å²) in [4.78, 5) is 64.4. The van der Waals surface area contributed by atoms with E-state index in [0.29, 0.717) is 22.2 Å². The van der Waals surface area contributed by atoms with Crippen LogP contribution in [0, 0.1) is 11.8 Å². The van der Waals surface area contributed by atoms with Crippen LogP contribution in [-0.2, 0) is 28.7 Å². The number of nitrogens with zero attached hydrogens (tertiary/aromatic N) is 4. The third-order valence-corrected chi connectivity index (χ3v) is 11.6. The number of esters is 1. The molecule has 4 aliphatic rings. The van der Waals surface area contributed by atoms with E-state index in [9.17, 15) is 19.5 Å². The number of aliphatic hydroxyl groups is 1. The van der Waals surface area contributed by atoms with E-state index in [0.717, 1.165) is 18.8 Å². The van der Waals surface area contributed by atoms with E-state index in [1.165, 1.54) is 4.90 Å². The van der Waals surface area contributed by atoms with E-state index in [-0.39, 0.29) is 18.9 Å². The number of aliphatic hydroxyl groups excluding tert-OH is 1. The average Bonchev–Trinajstić information content (AvgIpc) is 3.74. The smallest absolute Gasteiger partial charge is 0.313 e. The maximum atomic E-state index is 15.1. The van der Waals surface area contributed by atoms with Gasteiger partial charge >= 0.3 is 5.97 Å². The van der Waals surface area contributed by atoms with Crippen molar-refractivity contribution in [3.63, 3.8) is 0 Å². The molecule has 1 spiro atoms. The fraction of sp³-hybridized carbons (Fsp3) is 0.487. The number of anilines is 2. The van der Waals surface area contributed by atoms with Crippen LogP contribution in [0.5, 0.6) is 0 Å². The van der Waals surface area contributed by atoms with Crippen molar-refractivity contribution in [1.29, 1.82) is 0 Å². The van der Waals surface area contributed by atoms with Crippen molar-refractivity contribution in [1.82, 2.24) is 9.80 Å². The second-order valence-electron chi connectivity index (χ2n) is 13.8. The maximum Gasteiger partial charge on any atom is 0.313 e. The van der Waals surface area contributed by atoms with Gasteiger partial charge in [0, 0.05) is 49.0 Å². The lowest BCUT2D eigenvalue weighted by Crippen LogP contribution is -2.58. The number of carbonyl (C=O) groups excluding carboxylic acids is 4. The number of hydrogen-bond acceptors (Lipinski definition) is 8. The number of rotatable bonds is 7. The second kappa shape index (κ2) is 14.9. The Kier molecular flexibility index (Phi) is 10.8. The number of likely N-dealkylation sites (N-methyl/N-ethyl adjacent to an activating group) is 1. The number of amides is 3. The fourth-order valence-electron chi connectivity index (χ4n) is 8.07. The molecule has 8 atom stereocenters. The van der Waals surface area contributed by atoms with E-state index < -0.39 is 72.2 Å². The van der Waals surface area contributed by atoms with Gasteiger partial charge in [-0.1, -0.05) is 58.4 Å². The molecule has 0 radical (unpaired) electrons. The van der Waals surface area contributed by atoms with Crippen LogP contribution in [0.1, 0.15) is 52.2 Å². The molecule has 4 aliphatic heterocycles. The first-order valence-corrected chi connectivity index (χ1v) is 18.6. The van der Waals surface area contributed by atoms with Gasteiger partial charge in [0.2, 0.25) is 11.8 Å². The molecule has 0 aromatic heterocycles. The second-order valence-corrected chi connectivity index (χ2v) is 14.7. The summed E-state index contributed by atoms with van der Waals surface area (Å²) >= 11 is 3.61. The van der Waals surface area contributed by atoms with Crippen molar-refractivity contribution < 1.29 is 33.8 Å². The molecule has 1 N–H and O–H groups in total. The molecule has 2 saturated heterocycles. The molecule has 3 amide bonds. The number of cyclic esters (lactones) is 1. The predicted molar refractivity (Wildman–Crippen MR) is 197 cm³/mol. The van der Waals surface area contributed by atoms with Crippen LogP contribution >= 0.6 is 15.9 Å². The van der Waals surface area contributed by atoms with E-state index in [2.05, 4.69) is 34.7 Å². The molecule has 2 aromatic carbocycles. The minimum Gasteiger partial charge on any atom is -0.455 e. The van der Waals surface area contributed by atoms with E-state index in [1.54, 1.807) is 29.8 Å². The SMILES string of the molecule is CCN(CC)c1ccc(N2C/C=C\CCC(=O)N(C)[C@@H](C)[C@H](c3ccccc3)OC(=O)[C@H]3[C@@H]4O[C@@]5(C=C4Br)[C@@H]3C(=O)N([C@H](C)CO)[C@@H]5C2=O)cc1. The van der Waals surface area contributed by atoms with Crippen LogP contribution in [0.2, 0.25) is 0 Å². The zero-order valence-electron chi connectivity index (χ0n) is 29.8. The summed E-state index contributed by atoms with van der Waals surface area (Å²) in [6.45, 7) is 9.10. The minimum absolute atomic E-state index is 0.121. The highest BCUT2D eigenvalue weighted by atomic mass is 79.9. The lowest BCUT2D eigenvalue weighted by Gasteiger charge is -2.37. The molecule has 5 bridgehead atoms. The van der Waals surface area contributed by atoms with Gasteiger partial charge < -0.3 is 34.2 Å². The maximum absolute atomic E-state index is 15.1. The van der Waals surface area contributed by atoms with Gasteiger partial charge in [-0.3, -0.25) is 19.2 Å². The zero-order valence-corrected chi connectivity index (χ0v) is 31.4. The molecule has 0 saturated carbocycles. The van der Waals surface area contributed by atoms with Gasteiger partial charge in [-0.2, -0.15) is 0 Å². The Morgan fingerprint density at radius 1 is 0.980 bits per heavy atom. The van der Waals surface area contributed by atoms with Gasteiger partial charge in [0.15, 0.2) is 0 Å². The largest absolute Gasteiger partial charge is 0.455 e. The molecule has 0 aliphatic carbocycles. The lowest BCUT2D eigenvalue weighted by atomic mass is 9.74. The van der Waals surface area contributed by atoms with Crippen LogP contribution in [-0.4, -0.2) is 102 Å². The van der Waals surface area contributed by atoms with Gasteiger partial charge in [-0.25, -0.2) is 0 Å². The van der Waals surface area contributed by atoms with Crippen molar-refractivity contribution in [2.45, 2.75) is 76.5 Å². The summed E-state index contributed by atoms with van der Waals surface area (Å²) in [5.74, 6) is -3.81. The Morgan fingerprint density at radius 2 is 1.67 bits per heavy atom. The first kappa shape index (κ1) is 36.8. The Morgan fingerprint density at radius 3 is 2.31 bits per heavy atom.